The third kappa shape index (κ3) is 9.26. The van der Waals surface area contributed by atoms with Crippen LogP contribution >= 0.6 is 11.8 Å². The van der Waals surface area contributed by atoms with Gasteiger partial charge < -0.3 is 37.8 Å². The minimum Gasteiger partial charge on any atom is -0.480 e. The van der Waals surface area contributed by atoms with Crippen LogP contribution in [-0.2, 0) is 28.8 Å². The highest BCUT2D eigenvalue weighted by Gasteiger charge is 2.38. The Morgan fingerprint density at radius 1 is 1.06 bits per heavy atom. The van der Waals surface area contributed by atoms with Crippen molar-refractivity contribution < 1.29 is 33.9 Å². The fourth-order valence-electron chi connectivity index (χ4n) is 3.38. The lowest BCUT2D eigenvalue weighted by atomic mass is 10.1. The average Bonchev–Trinajstić information content (AvgIpc) is 3.23. The smallest absolute Gasteiger partial charge is 0.326 e. The van der Waals surface area contributed by atoms with Crippen LogP contribution in [0.4, 0.5) is 0 Å². The summed E-state index contributed by atoms with van der Waals surface area (Å²) >= 11 is 1.42. The molecule has 0 aromatic rings. The Bertz CT molecular complexity index is 765. The second-order valence-electron chi connectivity index (χ2n) is 7.71. The molecule has 1 rings (SSSR count). The molecule has 4 atom stereocenters. The SMILES string of the molecule is CSCCC(NC(=O)C1CCCN1C(=O)C(N)CCC(N)=O)C(=O)NC(CC(N)=O)C(=O)O. The number of thioether (sulfide) groups is 1. The molecular weight excluding hydrogens is 456 g/mol. The molecule has 0 saturated carbocycles. The first-order chi connectivity index (χ1) is 15.5. The molecule has 9 N–H and O–H groups in total. The van der Waals surface area contributed by atoms with Gasteiger partial charge in [-0.25, -0.2) is 4.79 Å². The Morgan fingerprint density at radius 3 is 2.27 bits per heavy atom. The first-order valence-corrected chi connectivity index (χ1v) is 11.8. The largest absolute Gasteiger partial charge is 0.480 e. The topological polar surface area (TPSA) is 228 Å². The number of nitrogens with zero attached hydrogens (tertiary/aromatic N) is 1. The van der Waals surface area contributed by atoms with Gasteiger partial charge in [0.05, 0.1) is 12.5 Å². The molecule has 14 heteroatoms. The van der Waals surface area contributed by atoms with Gasteiger partial charge in [0.25, 0.3) is 0 Å². The maximum atomic E-state index is 12.9. The molecule has 1 aliphatic rings. The van der Waals surface area contributed by atoms with Crippen molar-refractivity contribution in [3.63, 3.8) is 0 Å². The second kappa shape index (κ2) is 13.6. The van der Waals surface area contributed by atoms with Crippen LogP contribution in [0.25, 0.3) is 0 Å². The molecule has 5 amide bonds. The van der Waals surface area contributed by atoms with Crippen molar-refractivity contribution in [3.05, 3.63) is 0 Å². The van der Waals surface area contributed by atoms with E-state index in [1.54, 1.807) is 6.26 Å². The summed E-state index contributed by atoms with van der Waals surface area (Å²) < 4.78 is 0. The van der Waals surface area contributed by atoms with Gasteiger partial charge >= 0.3 is 5.97 Å². The molecule has 1 fully saturated rings. The van der Waals surface area contributed by atoms with Crippen molar-refractivity contribution in [2.24, 2.45) is 17.2 Å². The number of carboxylic acid groups (broad SMARTS) is 1. The lowest BCUT2D eigenvalue weighted by Crippen LogP contribution is -2.57. The first-order valence-electron chi connectivity index (χ1n) is 10.4. The molecular formula is C19H32N6O7S. The van der Waals surface area contributed by atoms with Gasteiger partial charge in [-0.1, -0.05) is 0 Å². The van der Waals surface area contributed by atoms with Gasteiger partial charge in [0.15, 0.2) is 0 Å². The van der Waals surface area contributed by atoms with Crippen LogP contribution in [0.1, 0.15) is 38.5 Å². The zero-order valence-corrected chi connectivity index (χ0v) is 19.3. The van der Waals surface area contributed by atoms with E-state index in [2.05, 4.69) is 10.6 Å². The van der Waals surface area contributed by atoms with E-state index in [-0.39, 0.29) is 19.3 Å². The summed E-state index contributed by atoms with van der Waals surface area (Å²) in [6, 6.07) is -4.47. The second-order valence-corrected chi connectivity index (χ2v) is 8.70. The van der Waals surface area contributed by atoms with E-state index >= 15 is 0 Å². The predicted octanol–water partition coefficient (Wildman–Crippen LogP) is -2.75. The van der Waals surface area contributed by atoms with Gasteiger partial charge in [-0.3, -0.25) is 24.0 Å². The maximum absolute atomic E-state index is 12.9. The van der Waals surface area contributed by atoms with E-state index < -0.39 is 66.1 Å². The van der Waals surface area contributed by atoms with Crippen LogP contribution in [0.15, 0.2) is 0 Å². The molecule has 33 heavy (non-hydrogen) atoms. The van der Waals surface area contributed by atoms with Gasteiger partial charge in [0.1, 0.15) is 18.1 Å². The Labute approximate surface area is 195 Å². The summed E-state index contributed by atoms with van der Waals surface area (Å²) in [7, 11) is 0. The van der Waals surface area contributed by atoms with Gasteiger partial charge in [0.2, 0.25) is 29.5 Å². The fraction of sp³-hybridized carbons (Fsp3) is 0.684. The van der Waals surface area contributed by atoms with Crippen LogP contribution in [0.3, 0.4) is 0 Å². The van der Waals surface area contributed by atoms with Crippen LogP contribution < -0.4 is 27.8 Å². The van der Waals surface area contributed by atoms with Gasteiger partial charge in [-0.15, -0.1) is 0 Å². The molecule has 1 heterocycles. The van der Waals surface area contributed by atoms with E-state index in [0.29, 0.717) is 25.1 Å². The van der Waals surface area contributed by atoms with Gasteiger partial charge in [-0.05, 0) is 37.7 Å². The number of aliphatic carboxylic acids is 1. The lowest BCUT2D eigenvalue weighted by Gasteiger charge is -2.28. The minimum atomic E-state index is -1.53. The molecule has 13 nitrogen and oxygen atoms in total. The van der Waals surface area contributed by atoms with Crippen molar-refractivity contribution in [2.45, 2.75) is 62.7 Å². The minimum absolute atomic E-state index is 0.0498. The van der Waals surface area contributed by atoms with Gasteiger partial charge in [-0.2, -0.15) is 11.8 Å². The Hall–Kier alpha value is -2.87. The molecule has 4 unspecified atom stereocenters. The zero-order chi connectivity index (χ0) is 25.1. The van der Waals surface area contributed by atoms with Crippen LogP contribution in [0.2, 0.25) is 0 Å². The normalized spacial score (nSPS) is 18.1. The van der Waals surface area contributed by atoms with Crippen molar-refractivity contribution in [1.29, 1.82) is 0 Å². The Morgan fingerprint density at radius 2 is 1.73 bits per heavy atom. The van der Waals surface area contributed by atoms with Gasteiger partial charge in [0, 0.05) is 13.0 Å². The molecule has 0 spiro atoms. The zero-order valence-electron chi connectivity index (χ0n) is 18.5. The number of carbonyl (C=O) groups excluding carboxylic acids is 5. The molecule has 0 aliphatic carbocycles. The van der Waals surface area contributed by atoms with Crippen LogP contribution in [0.5, 0.6) is 0 Å². The molecule has 0 radical (unpaired) electrons. The fourth-order valence-corrected chi connectivity index (χ4v) is 3.85. The van der Waals surface area contributed by atoms with Crippen LogP contribution in [0, 0.1) is 0 Å². The number of hydrogen-bond donors (Lipinski definition) is 6. The summed E-state index contributed by atoms with van der Waals surface area (Å²) in [5.41, 5.74) is 16.0. The number of primary amides is 2. The third-order valence-corrected chi connectivity index (χ3v) is 5.76. The Balaban J connectivity index is 2.88. The molecule has 1 saturated heterocycles. The number of rotatable bonds is 14. The summed E-state index contributed by atoms with van der Waals surface area (Å²) in [5.74, 6) is -4.29. The first kappa shape index (κ1) is 28.2. The average molecular weight is 489 g/mol. The quantitative estimate of drug-likeness (QED) is 0.149. The highest BCUT2D eigenvalue weighted by Crippen LogP contribution is 2.19. The highest BCUT2D eigenvalue weighted by atomic mass is 32.2. The number of amides is 5. The molecule has 0 bridgehead atoms. The van der Waals surface area contributed by atoms with Crippen molar-refractivity contribution in [2.75, 3.05) is 18.6 Å². The number of carboxylic acids is 1. The summed E-state index contributed by atoms with van der Waals surface area (Å²) in [5, 5.41) is 14.0. The highest BCUT2D eigenvalue weighted by molar-refractivity contribution is 7.98. The summed E-state index contributed by atoms with van der Waals surface area (Å²) in [4.78, 5) is 72.9. The third-order valence-electron chi connectivity index (χ3n) is 5.12. The number of hydrogen-bond acceptors (Lipinski definition) is 8. The number of likely N-dealkylation sites (tertiary alicyclic amines) is 1. The molecule has 0 aromatic heterocycles. The van der Waals surface area contributed by atoms with E-state index in [0.717, 1.165) is 0 Å². The molecule has 186 valence electrons. The Kier molecular flexibility index (Phi) is 11.6. The van der Waals surface area contributed by atoms with Crippen molar-refractivity contribution in [3.8, 4) is 0 Å². The van der Waals surface area contributed by atoms with E-state index in [9.17, 15) is 33.9 Å². The van der Waals surface area contributed by atoms with Crippen LogP contribution in [-0.4, -0.2) is 88.2 Å². The summed E-state index contributed by atoms with van der Waals surface area (Å²) in [6.45, 7) is 0.294. The molecule has 0 aromatic carbocycles. The summed E-state index contributed by atoms with van der Waals surface area (Å²) in [6.07, 6.45) is 2.29. The predicted molar refractivity (Wildman–Crippen MR) is 119 cm³/mol. The number of nitrogens with two attached hydrogens (primary N) is 3. The van der Waals surface area contributed by atoms with E-state index in [4.69, 9.17) is 17.2 Å². The number of nitrogens with one attached hydrogen (secondary N) is 2. The standard InChI is InChI=1S/C19H32N6O7S/c1-33-8-6-11(16(28)24-12(19(31)32)9-15(22)27)23-17(29)13-3-2-7-25(13)18(30)10(20)4-5-14(21)26/h10-13H,2-9,20H2,1H3,(H2,21,26)(H2,22,27)(H,23,29)(H,24,28)(H,31,32). The maximum Gasteiger partial charge on any atom is 0.326 e. The lowest BCUT2D eigenvalue weighted by molar-refractivity contribution is -0.144. The monoisotopic (exact) mass is 488 g/mol. The van der Waals surface area contributed by atoms with Crippen molar-refractivity contribution >= 4 is 47.3 Å². The number of carbonyl (C=O) groups is 6. The molecule has 1 aliphatic heterocycles. The van der Waals surface area contributed by atoms with E-state index in [1.165, 1.54) is 16.7 Å². The van der Waals surface area contributed by atoms with E-state index in [1.807, 2.05) is 0 Å². The van der Waals surface area contributed by atoms with Crippen molar-refractivity contribution in [1.82, 2.24) is 15.5 Å².